The van der Waals surface area contributed by atoms with E-state index in [9.17, 15) is 14.0 Å². The molecule has 1 aliphatic heterocycles. The molecule has 0 aliphatic carbocycles. The third-order valence-electron chi connectivity index (χ3n) is 5.23. The third-order valence-corrected chi connectivity index (χ3v) is 6.23. The number of halogens is 1. The van der Waals surface area contributed by atoms with Crippen LogP contribution in [-0.2, 0) is 18.4 Å². The van der Waals surface area contributed by atoms with E-state index in [0.29, 0.717) is 42.8 Å². The van der Waals surface area contributed by atoms with Crippen molar-refractivity contribution in [2.24, 2.45) is 7.05 Å². The van der Waals surface area contributed by atoms with Gasteiger partial charge in [-0.2, -0.15) is 0 Å². The molecule has 1 N–H and O–H groups in total. The molecule has 4 rings (SSSR count). The summed E-state index contributed by atoms with van der Waals surface area (Å²) in [4.78, 5) is 28.4. The van der Waals surface area contributed by atoms with E-state index in [1.807, 2.05) is 11.0 Å². The summed E-state index contributed by atoms with van der Waals surface area (Å²) in [6, 6.07) is 9.90. The Hall–Kier alpha value is -3.34. The maximum atomic E-state index is 14.0. The summed E-state index contributed by atoms with van der Waals surface area (Å²) in [6.07, 6.45) is 1.43. The summed E-state index contributed by atoms with van der Waals surface area (Å²) in [5.74, 6) is 0.433. The molecule has 3 heterocycles. The quantitative estimate of drug-likeness (QED) is 0.541. The largest absolute Gasteiger partial charge is 0.459 e. The van der Waals surface area contributed by atoms with Gasteiger partial charge in [-0.3, -0.25) is 9.59 Å². The van der Waals surface area contributed by atoms with Crippen molar-refractivity contribution in [1.29, 1.82) is 0 Å². The highest BCUT2D eigenvalue weighted by Gasteiger charge is 2.23. The summed E-state index contributed by atoms with van der Waals surface area (Å²) in [5, 5.41) is 11.5. The first-order chi connectivity index (χ1) is 15.5. The van der Waals surface area contributed by atoms with E-state index >= 15 is 0 Å². The van der Waals surface area contributed by atoms with Crippen molar-refractivity contribution in [3.05, 3.63) is 60.1 Å². The van der Waals surface area contributed by atoms with Gasteiger partial charge in [-0.15, -0.1) is 10.2 Å². The van der Waals surface area contributed by atoms with Crippen LogP contribution in [0.3, 0.4) is 0 Å². The second-order valence-electron chi connectivity index (χ2n) is 7.23. The van der Waals surface area contributed by atoms with E-state index in [0.717, 1.165) is 0 Å². The van der Waals surface area contributed by atoms with Crippen LogP contribution in [0.25, 0.3) is 0 Å². The maximum absolute atomic E-state index is 14.0. The number of thioether (sulfide) groups is 1. The molecule has 0 unspecified atom stereocenters. The molecule has 9 nitrogen and oxygen atoms in total. The van der Waals surface area contributed by atoms with Crippen LogP contribution in [0, 0.1) is 5.82 Å². The van der Waals surface area contributed by atoms with Crippen LogP contribution in [-0.4, -0.2) is 63.4 Å². The topological polar surface area (TPSA) is 96.5 Å². The second kappa shape index (κ2) is 9.86. The second-order valence-corrected chi connectivity index (χ2v) is 8.17. The van der Waals surface area contributed by atoms with Crippen molar-refractivity contribution >= 4 is 29.3 Å². The standard InChI is InChI=1S/C21H23FN6O3S/c1-26-18(13-23-20(30)17-7-4-12-31-17)24-25-21(26)32-14-19(29)28-10-8-27(9-11-28)16-6-3-2-5-15(16)22/h2-7,12H,8-11,13-14H2,1H3,(H,23,30). The van der Waals surface area contributed by atoms with Crippen molar-refractivity contribution in [1.82, 2.24) is 25.0 Å². The molecule has 1 aromatic carbocycles. The van der Waals surface area contributed by atoms with E-state index in [4.69, 9.17) is 4.42 Å². The van der Waals surface area contributed by atoms with Crippen molar-refractivity contribution in [2.75, 3.05) is 36.8 Å². The zero-order valence-electron chi connectivity index (χ0n) is 17.5. The Kier molecular flexibility index (Phi) is 6.74. The van der Waals surface area contributed by atoms with Gasteiger partial charge in [0.15, 0.2) is 16.7 Å². The molecule has 2 amide bonds. The van der Waals surface area contributed by atoms with Crippen molar-refractivity contribution in [2.45, 2.75) is 11.7 Å². The first-order valence-electron chi connectivity index (χ1n) is 10.1. The first kappa shape index (κ1) is 21.9. The summed E-state index contributed by atoms with van der Waals surface area (Å²) in [7, 11) is 1.79. The van der Waals surface area contributed by atoms with Crippen LogP contribution in [0.2, 0.25) is 0 Å². The van der Waals surface area contributed by atoms with Crippen LogP contribution < -0.4 is 10.2 Å². The number of nitrogens with one attached hydrogen (secondary N) is 1. The van der Waals surface area contributed by atoms with Crippen LogP contribution in [0.15, 0.2) is 52.2 Å². The Bertz CT molecular complexity index is 1080. The molecule has 1 saturated heterocycles. The van der Waals surface area contributed by atoms with Gasteiger partial charge in [-0.05, 0) is 24.3 Å². The lowest BCUT2D eigenvalue weighted by Gasteiger charge is -2.36. The molecular weight excluding hydrogens is 435 g/mol. The van der Waals surface area contributed by atoms with E-state index < -0.39 is 0 Å². The number of rotatable bonds is 7. The monoisotopic (exact) mass is 458 g/mol. The van der Waals surface area contributed by atoms with Gasteiger partial charge in [-0.25, -0.2) is 4.39 Å². The molecule has 0 spiro atoms. The smallest absolute Gasteiger partial charge is 0.287 e. The maximum Gasteiger partial charge on any atom is 0.287 e. The number of carbonyl (C=O) groups is 2. The number of hydrogen-bond donors (Lipinski definition) is 1. The number of furan rings is 1. The van der Waals surface area contributed by atoms with Crippen LogP contribution in [0.1, 0.15) is 16.4 Å². The molecule has 1 fully saturated rings. The summed E-state index contributed by atoms with van der Waals surface area (Å²) >= 11 is 1.29. The molecule has 11 heteroatoms. The SMILES string of the molecule is Cn1c(CNC(=O)c2ccco2)nnc1SCC(=O)N1CCN(c2ccccc2F)CC1. The minimum absolute atomic E-state index is 0.00106. The predicted octanol–water partition coefficient (Wildman–Crippen LogP) is 1.92. The summed E-state index contributed by atoms with van der Waals surface area (Å²) in [5.41, 5.74) is 0.569. The molecule has 0 saturated carbocycles. The Labute approximate surface area is 188 Å². The van der Waals surface area contributed by atoms with Crippen molar-refractivity contribution < 1.29 is 18.4 Å². The number of aromatic nitrogens is 3. The number of nitrogens with zero attached hydrogens (tertiary/aromatic N) is 5. The van der Waals surface area contributed by atoms with Gasteiger partial charge in [0, 0.05) is 33.2 Å². The van der Waals surface area contributed by atoms with Gasteiger partial charge >= 0.3 is 0 Å². The van der Waals surface area contributed by atoms with Crippen LogP contribution in [0.4, 0.5) is 10.1 Å². The fourth-order valence-electron chi connectivity index (χ4n) is 3.40. The molecule has 168 valence electrons. The zero-order valence-corrected chi connectivity index (χ0v) is 18.3. The Morgan fingerprint density at radius 3 is 2.62 bits per heavy atom. The minimum atomic E-state index is -0.336. The van der Waals surface area contributed by atoms with Gasteiger partial charge in [0.05, 0.1) is 24.2 Å². The van der Waals surface area contributed by atoms with E-state index in [-0.39, 0.29) is 35.7 Å². The van der Waals surface area contributed by atoms with Crippen LogP contribution in [0.5, 0.6) is 0 Å². The lowest BCUT2D eigenvalue weighted by atomic mass is 10.2. The molecule has 1 aliphatic rings. The summed E-state index contributed by atoms with van der Waals surface area (Å²) < 4.78 is 20.8. The van der Waals surface area contributed by atoms with E-state index in [1.165, 1.54) is 24.1 Å². The third kappa shape index (κ3) is 4.93. The minimum Gasteiger partial charge on any atom is -0.459 e. The molecular formula is C21H23FN6O3S. The number of anilines is 1. The molecule has 0 radical (unpaired) electrons. The molecule has 0 bridgehead atoms. The number of hydrogen-bond acceptors (Lipinski definition) is 7. The van der Waals surface area contributed by atoms with Gasteiger partial charge in [0.2, 0.25) is 5.91 Å². The number of piperazine rings is 1. The first-order valence-corrected chi connectivity index (χ1v) is 11.1. The van der Waals surface area contributed by atoms with Gasteiger partial charge in [-0.1, -0.05) is 23.9 Å². The molecule has 3 aromatic rings. The van der Waals surface area contributed by atoms with Gasteiger partial charge < -0.3 is 24.1 Å². The zero-order chi connectivity index (χ0) is 22.5. The normalized spacial score (nSPS) is 13.9. The van der Waals surface area contributed by atoms with Gasteiger partial charge in [0.25, 0.3) is 5.91 Å². The Morgan fingerprint density at radius 1 is 1.12 bits per heavy atom. The fraction of sp³-hybridized carbons (Fsp3) is 0.333. The Balaban J connectivity index is 1.25. The van der Waals surface area contributed by atoms with Crippen molar-refractivity contribution in [3.63, 3.8) is 0 Å². The van der Waals surface area contributed by atoms with Gasteiger partial charge in [0.1, 0.15) is 5.82 Å². The highest BCUT2D eigenvalue weighted by Crippen LogP contribution is 2.21. The lowest BCUT2D eigenvalue weighted by Crippen LogP contribution is -2.49. The predicted molar refractivity (Wildman–Crippen MR) is 117 cm³/mol. The fourth-order valence-corrected chi connectivity index (χ4v) is 4.23. The summed E-state index contributed by atoms with van der Waals surface area (Å²) in [6.45, 7) is 2.43. The van der Waals surface area contributed by atoms with Crippen LogP contribution >= 0.6 is 11.8 Å². The number of benzene rings is 1. The molecule has 32 heavy (non-hydrogen) atoms. The number of amides is 2. The van der Waals surface area contributed by atoms with Crippen molar-refractivity contribution in [3.8, 4) is 0 Å². The average Bonchev–Trinajstić information content (AvgIpc) is 3.47. The highest BCUT2D eigenvalue weighted by atomic mass is 32.2. The highest BCUT2D eigenvalue weighted by molar-refractivity contribution is 7.99. The number of carbonyl (C=O) groups excluding carboxylic acids is 2. The Morgan fingerprint density at radius 2 is 1.91 bits per heavy atom. The number of para-hydroxylation sites is 1. The van der Waals surface area contributed by atoms with E-state index in [2.05, 4.69) is 15.5 Å². The van der Waals surface area contributed by atoms with E-state index in [1.54, 1.807) is 40.8 Å². The lowest BCUT2D eigenvalue weighted by molar-refractivity contribution is -0.128. The average molecular weight is 459 g/mol. The molecule has 2 aromatic heterocycles. The molecule has 0 atom stereocenters.